The number of hydrogen-bond acceptors (Lipinski definition) is 5. The summed E-state index contributed by atoms with van der Waals surface area (Å²) in [5, 5.41) is 10.9. The zero-order valence-corrected chi connectivity index (χ0v) is 33.2. The van der Waals surface area contributed by atoms with E-state index >= 15 is 0 Å². The normalized spacial score (nSPS) is 11.9. The van der Waals surface area contributed by atoms with Crippen molar-refractivity contribution in [2.45, 2.75) is 0 Å². The molecule has 0 aliphatic rings. The average molecular weight is 792 g/mol. The highest BCUT2D eigenvalue weighted by Crippen LogP contribution is 2.46. The van der Waals surface area contributed by atoms with E-state index < -0.39 is 0 Å². The Morgan fingerprint density at radius 3 is 1.69 bits per heavy atom. The van der Waals surface area contributed by atoms with E-state index in [4.69, 9.17) is 23.8 Å². The molecule has 0 atom stereocenters. The second-order valence-electron chi connectivity index (χ2n) is 15.9. The van der Waals surface area contributed by atoms with Crippen LogP contribution in [0.4, 0.5) is 0 Å². The van der Waals surface area contributed by atoms with Gasteiger partial charge in [0.05, 0.1) is 0 Å². The van der Waals surface area contributed by atoms with Gasteiger partial charge >= 0.3 is 0 Å². The van der Waals surface area contributed by atoms with E-state index in [0.717, 1.165) is 110 Å². The quantitative estimate of drug-likeness (QED) is 0.162. The number of aromatic nitrogens is 3. The van der Waals surface area contributed by atoms with E-state index in [-0.39, 0.29) is 0 Å². The molecule has 13 rings (SSSR count). The molecule has 0 saturated carbocycles. The molecule has 0 unspecified atom stereocenters. The predicted octanol–water partition coefficient (Wildman–Crippen LogP) is 15.5. The highest BCUT2D eigenvalue weighted by molar-refractivity contribution is 6.21. The molecule has 0 aliphatic carbocycles. The van der Waals surface area contributed by atoms with Crippen molar-refractivity contribution in [3.63, 3.8) is 0 Å². The predicted molar refractivity (Wildman–Crippen MR) is 254 cm³/mol. The minimum absolute atomic E-state index is 0.566. The van der Waals surface area contributed by atoms with Crippen LogP contribution >= 0.6 is 0 Å². The van der Waals surface area contributed by atoms with Crippen molar-refractivity contribution < 1.29 is 8.83 Å². The van der Waals surface area contributed by atoms with Crippen LogP contribution in [0.25, 0.3) is 133 Å². The Balaban J connectivity index is 1.07. The highest BCUT2D eigenvalue weighted by atomic mass is 16.3. The number of benzene rings is 10. The molecule has 0 saturated heterocycles. The van der Waals surface area contributed by atoms with Crippen molar-refractivity contribution in [2.24, 2.45) is 0 Å². The third-order valence-electron chi connectivity index (χ3n) is 12.3. The van der Waals surface area contributed by atoms with Crippen LogP contribution in [-0.2, 0) is 0 Å². The summed E-state index contributed by atoms with van der Waals surface area (Å²) in [6.45, 7) is 0. The minimum Gasteiger partial charge on any atom is -0.456 e. The third kappa shape index (κ3) is 5.38. The van der Waals surface area contributed by atoms with Crippen molar-refractivity contribution in [1.82, 2.24) is 15.0 Å². The number of para-hydroxylation sites is 1. The molecule has 0 aliphatic heterocycles. The van der Waals surface area contributed by atoms with Gasteiger partial charge in [0.2, 0.25) is 0 Å². The SMILES string of the molecule is c1ccc(-c2ccc(-c3nc(-c4cc5ccccc5c5ccccc45)nc(-c4ccc(-c5cccc6oc7cc8ccccc8cc7c56)c5oc6ccccc6c45)n3)cc2)cc1. The molecule has 0 amide bonds. The molecule has 0 bridgehead atoms. The Morgan fingerprint density at radius 1 is 0.274 bits per heavy atom. The lowest BCUT2D eigenvalue weighted by Gasteiger charge is -2.13. The molecule has 288 valence electrons. The van der Waals surface area contributed by atoms with E-state index in [1.165, 1.54) is 5.39 Å². The van der Waals surface area contributed by atoms with Gasteiger partial charge in [-0.25, -0.2) is 15.0 Å². The minimum atomic E-state index is 0.566. The summed E-state index contributed by atoms with van der Waals surface area (Å²) < 4.78 is 13.4. The van der Waals surface area contributed by atoms with Gasteiger partial charge in [-0.15, -0.1) is 0 Å². The molecule has 13 aromatic rings. The van der Waals surface area contributed by atoms with Crippen LogP contribution in [0.3, 0.4) is 0 Å². The van der Waals surface area contributed by atoms with E-state index in [9.17, 15) is 0 Å². The van der Waals surface area contributed by atoms with Crippen molar-refractivity contribution in [1.29, 1.82) is 0 Å². The molecule has 62 heavy (non-hydrogen) atoms. The second kappa shape index (κ2) is 13.6. The number of fused-ring (bicyclic) bond motifs is 10. The van der Waals surface area contributed by atoms with Crippen molar-refractivity contribution in [3.8, 4) is 56.4 Å². The highest BCUT2D eigenvalue weighted by Gasteiger charge is 2.23. The first-order valence-corrected chi connectivity index (χ1v) is 20.8. The van der Waals surface area contributed by atoms with Crippen LogP contribution in [0.1, 0.15) is 0 Å². The van der Waals surface area contributed by atoms with E-state index in [1.807, 2.05) is 24.3 Å². The zero-order chi connectivity index (χ0) is 40.7. The van der Waals surface area contributed by atoms with Crippen LogP contribution in [0.5, 0.6) is 0 Å². The maximum absolute atomic E-state index is 6.90. The second-order valence-corrected chi connectivity index (χ2v) is 15.9. The number of rotatable bonds is 5. The number of nitrogens with zero attached hydrogens (tertiary/aromatic N) is 3. The van der Waals surface area contributed by atoms with Gasteiger partial charge in [-0.3, -0.25) is 0 Å². The fourth-order valence-electron chi connectivity index (χ4n) is 9.39. The van der Waals surface area contributed by atoms with Crippen LogP contribution in [-0.4, -0.2) is 15.0 Å². The van der Waals surface area contributed by atoms with Gasteiger partial charge < -0.3 is 8.83 Å². The van der Waals surface area contributed by atoms with Crippen molar-refractivity contribution in [3.05, 3.63) is 200 Å². The van der Waals surface area contributed by atoms with Gasteiger partial charge in [-0.1, -0.05) is 158 Å². The van der Waals surface area contributed by atoms with Gasteiger partial charge in [0, 0.05) is 43.8 Å². The van der Waals surface area contributed by atoms with Crippen molar-refractivity contribution in [2.75, 3.05) is 0 Å². The summed E-state index contributed by atoms with van der Waals surface area (Å²) in [4.78, 5) is 16.0. The summed E-state index contributed by atoms with van der Waals surface area (Å²) in [6.07, 6.45) is 0. The Bertz CT molecular complexity index is 3920. The van der Waals surface area contributed by atoms with Gasteiger partial charge in [-0.05, 0) is 91.5 Å². The number of hydrogen-bond donors (Lipinski definition) is 0. The summed E-state index contributed by atoms with van der Waals surface area (Å²) >= 11 is 0. The molecule has 3 heterocycles. The Kier molecular flexibility index (Phi) is 7.54. The van der Waals surface area contributed by atoms with Gasteiger partial charge in [-0.2, -0.15) is 0 Å². The lowest BCUT2D eigenvalue weighted by atomic mass is 9.94. The molecule has 3 aromatic heterocycles. The van der Waals surface area contributed by atoms with Crippen LogP contribution < -0.4 is 0 Å². The monoisotopic (exact) mass is 791 g/mol. The summed E-state index contributed by atoms with van der Waals surface area (Å²) in [7, 11) is 0. The van der Waals surface area contributed by atoms with Crippen LogP contribution in [0, 0.1) is 0 Å². The fraction of sp³-hybridized carbons (Fsp3) is 0. The zero-order valence-electron chi connectivity index (χ0n) is 33.2. The Morgan fingerprint density at radius 2 is 0.871 bits per heavy atom. The molecule has 5 nitrogen and oxygen atoms in total. The van der Waals surface area contributed by atoms with Gasteiger partial charge in [0.15, 0.2) is 17.5 Å². The molecule has 5 heteroatoms. The molecule has 0 radical (unpaired) electrons. The number of furan rings is 2. The molecule has 10 aromatic carbocycles. The first kappa shape index (κ1) is 34.5. The topological polar surface area (TPSA) is 65.0 Å². The molecule has 0 spiro atoms. The largest absolute Gasteiger partial charge is 0.456 e. The van der Waals surface area contributed by atoms with Gasteiger partial charge in [0.25, 0.3) is 0 Å². The maximum Gasteiger partial charge on any atom is 0.164 e. The first-order valence-electron chi connectivity index (χ1n) is 20.8. The lowest BCUT2D eigenvalue weighted by Crippen LogP contribution is -2.01. The third-order valence-corrected chi connectivity index (χ3v) is 12.3. The summed E-state index contributed by atoms with van der Waals surface area (Å²) in [5.74, 6) is 1.76. The standard InChI is InChI=1S/C57H33N3O2/c1-2-13-34(14-3-1)35-25-27-36(28-26-35)55-58-56(60-57(59-55)47-32-39-17-6-7-18-40(39)41-19-8-9-20-42(41)47)46-30-29-44(54-53(46)45-21-10-11-23-49(45)62-54)43-22-12-24-50-52(43)48-31-37-15-4-5-16-38(37)33-51(48)61-50/h1-33H. The molecular formula is C57H33N3O2. The van der Waals surface area contributed by atoms with E-state index in [0.29, 0.717) is 17.5 Å². The van der Waals surface area contributed by atoms with E-state index in [1.54, 1.807) is 0 Å². The lowest BCUT2D eigenvalue weighted by molar-refractivity contribution is 0.669. The van der Waals surface area contributed by atoms with E-state index in [2.05, 4.69) is 176 Å². The molecule has 0 N–H and O–H groups in total. The Hall–Kier alpha value is -8.41. The van der Waals surface area contributed by atoms with Crippen LogP contribution in [0.15, 0.2) is 209 Å². The van der Waals surface area contributed by atoms with Crippen molar-refractivity contribution >= 4 is 76.2 Å². The smallest absolute Gasteiger partial charge is 0.164 e. The summed E-state index contributed by atoms with van der Waals surface area (Å²) in [6, 6.07) is 69.7. The maximum atomic E-state index is 6.90. The Labute approximate surface area is 355 Å². The average Bonchev–Trinajstić information content (AvgIpc) is 3.91. The fourth-order valence-corrected chi connectivity index (χ4v) is 9.39. The molecule has 0 fully saturated rings. The summed E-state index contributed by atoms with van der Waals surface area (Å²) in [5.41, 5.74) is 10.2. The van der Waals surface area contributed by atoms with Crippen LogP contribution in [0.2, 0.25) is 0 Å². The van der Waals surface area contributed by atoms with Gasteiger partial charge in [0.1, 0.15) is 22.3 Å². The molecular weight excluding hydrogens is 759 g/mol. The first-order chi connectivity index (χ1) is 30.7.